The number of nitrogens with zero attached hydrogens (tertiary/aromatic N) is 2. The summed E-state index contributed by atoms with van der Waals surface area (Å²) in [6.07, 6.45) is 4.15. The van der Waals surface area contributed by atoms with E-state index in [4.69, 9.17) is 9.52 Å². The summed E-state index contributed by atoms with van der Waals surface area (Å²) in [6.45, 7) is 6.03. The lowest BCUT2D eigenvalue weighted by molar-refractivity contribution is -0.139. The first-order valence-electron chi connectivity index (χ1n) is 6.91. The van der Waals surface area contributed by atoms with Crippen LogP contribution < -0.4 is 0 Å². The number of hydrogen-bond donors (Lipinski definition) is 1. The van der Waals surface area contributed by atoms with Crippen LogP contribution in [0.15, 0.2) is 4.42 Å². The number of carboxylic acids is 1. The lowest BCUT2D eigenvalue weighted by Crippen LogP contribution is -2.19. The Balaban J connectivity index is 2.03. The lowest BCUT2D eigenvalue weighted by Gasteiger charge is -2.19. The van der Waals surface area contributed by atoms with E-state index in [1.165, 1.54) is 12.8 Å². The first kappa shape index (κ1) is 14.0. The topological polar surface area (TPSA) is 76.2 Å². The molecule has 1 heterocycles. The molecule has 1 N–H and O–H groups in total. The molecular formula is C14H22N2O3. The predicted molar refractivity (Wildman–Crippen MR) is 69.8 cm³/mol. The zero-order valence-corrected chi connectivity index (χ0v) is 11.8. The molecule has 0 spiro atoms. The summed E-state index contributed by atoms with van der Waals surface area (Å²) < 4.78 is 5.74. The number of carbonyl (C=O) groups is 1. The molecule has 5 nitrogen and oxygen atoms in total. The van der Waals surface area contributed by atoms with Gasteiger partial charge >= 0.3 is 5.97 Å². The molecule has 1 aliphatic carbocycles. The molecule has 0 aromatic carbocycles. The van der Waals surface area contributed by atoms with Crippen LogP contribution in [0.1, 0.15) is 64.2 Å². The van der Waals surface area contributed by atoms with E-state index in [1.54, 1.807) is 0 Å². The van der Waals surface area contributed by atoms with Crippen molar-refractivity contribution in [2.45, 2.75) is 58.8 Å². The molecule has 0 bridgehead atoms. The summed E-state index contributed by atoms with van der Waals surface area (Å²) in [5.41, 5.74) is -0.364. The standard InChI is InChI=1S/C14H22N2O3/c1-9-5-4-6-10(9)13-16-15-11(19-13)7-14(2,3)8-12(17)18/h9-10H,4-8H2,1-3H3,(H,17,18). The van der Waals surface area contributed by atoms with E-state index in [0.717, 1.165) is 12.3 Å². The Morgan fingerprint density at radius 3 is 2.74 bits per heavy atom. The minimum atomic E-state index is -0.797. The van der Waals surface area contributed by atoms with Gasteiger partial charge in [0, 0.05) is 12.3 Å². The molecule has 19 heavy (non-hydrogen) atoms. The van der Waals surface area contributed by atoms with E-state index >= 15 is 0 Å². The molecule has 0 amide bonds. The maximum absolute atomic E-state index is 10.8. The van der Waals surface area contributed by atoms with Gasteiger partial charge in [-0.25, -0.2) is 0 Å². The second kappa shape index (κ2) is 5.31. The van der Waals surface area contributed by atoms with Crippen molar-refractivity contribution in [3.8, 4) is 0 Å². The van der Waals surface area contributed by atoms with Crippen molar-refractivity contribution in [3.63, 3.8) is 0 Å². The van der Waals surface area contributed by atoms with Crippen LogP contribution in [0, 0.1) is 11.3 Å². The van der Waals surface area contributed by atoms with Crippen LogP contribution in [-0.2, 0) is 11.2 Å². The Kier molecular flexibility index (Phi) is 3.92. The molecule has 1 aromatic heterocycles. The minimum Gasteiger partial charge on any atom is -0.481 e. The van der Waals surface area contributed by atoms with Crippen LogP contribution in [0.2, 0.25) is 0 Å². The number of aliphatic carboxylic acids is 1. The van der Waals surface area contributed by atoms with E-state index in [0.29, 0.717) is 24.1 Å². The smallest absolute Gasteiger partial charge is 0.303 e. The summed E-state index contributed by atoms with van der Waals surface area (Å²) in [7, 11) is 0. The molecule has 5 heteroatoms. The van der Waals surface area contributed by atoms with Crippen molar-refractivity contribution in [2.75, 3.05) is 0 Å². The van der Waals surface area contributed by atoms with Crippen molar-refractivity contribution in [2.24, 2.45) is 11.3 Å². The maximum atomic E-state index is 10.8. The fraction of sp³-hybridized carbons (Fsp3) is 0.786. The summed E-state index contributed by atoms with van der Waals surface area (Å²) in [4.78, 5) is 10.8. The van der Waals surface area contributed by atoms with Crippen LogP contribution in [0.5, 0.6) is 0 Å². The molecule has 2 atom stereocenters. The van der Waals surface area contributed by atoms with Crippen molar-refractivity contribution < 1.29 is 14.3 Å². The highest BCUT2D eigenvalue weighted by Crippen LogP contribution is 2.38. The van der Waals surface area contributed by atoms with Gasteiger partial charge in [0.05, 0.1) is 6.42 Å². The number of aromatic nitrogens is 2. The molecule has 1 fully saturated rings. The maximum Gasteiger partial charge on any atom is 0.303 e. The van der Waals surface area contributed by atoms with E-state index in [2.05, 4.69) is 17.1 Å². The van der Waals surface area contributed by atoms with Crippen molar-refractivity contribution in [3.05, 3.63) is 11.8 Å². The summed E-state index contributed by atoms with van der Waals surface area (Å²) in [5, 5.41) is 17.1. The fourth-order valence-corrected chi connectivity index (χ4v) is 2.88. The Morgan fingerprint density at radius 2 is 2.16 bits per heavy atom. The summed E-state index contributed by atoms with van der Waals surface area (Å²) in [6, 6.07) is 0. The second-order valence-electron chi connectivity index (χ2n) is 6.46. The van der Waals surface area contributed by atoms with Gasteiger partial charge in [-0.3, -0.25) is 4.79 Å². The highest BCUT2D eigenvalue weighted by atomic mass is 16.4. The number of carboxylic acid groups (broad SMARTS) is 1. The van der Waals surface area contributed by atoms with Gasteiger partial charge in [0.1, 0.15) is 0 Å². The van der Waals surface area contributed by atoms with E-state index in [9.17, 15) is 4.79 Å². The Hall–Kier alpha value is -1.39. The third-order valence-electron chi connectivity index (χ3n) is 3.92. The normalized spacial score (nSPS) is 23.7. The molecule has 0 radical (unpaired) electrons. The highest BCUT2D eigenvalue weighted by Gasteiger charge is 2.31. The Morgan fingerprint density at radius 1 is 1.42 bits per heavy atom. The molecule has 0 saturated heterocycles. The van der Waals surface area contributed by atoms with E-state index in [1.807, 2.05) is 13.8 Å². The van der Waals surface area contributed by atoms with Crippen LogP contribution in [0.4, 0.5) is 0 Å². The second-order valence-corrected chi connectivity index (χ2v) is 6.46. The van der Waals surface area contributed by atoms with Crippen LogP contribution in [0.3, 0.4) is 0 Å². The molecule has 2 rings (SSSR count). The molecule has 1 aliphatic rings. The zero-order valence-electron chi connectivity index (χ0n) is 11.8. The highest BCUT2D eigenvalue weighted by molar-refractivity contribution is 5.67. The van der Waals surface area contributed by atoms with Crippen LogP contribution >= 0.6 is 0 Å². The molecular weight excluding hydrogens is 244 g/mol. The Labute approximate surface area is 113 Å². The van der Waals surface area contributed by atoms with Crippen molar-refractivity contribution in [1.29, 1.82) is 0 Å². The molecule has 2 unspecified atom stereocenters. The largest absolute Gasteiger partial charge is 0.481 e. The summed E-state index contributed by atoms with van der Waals surface area (Å²) >= 11 is 0. The van der Waals surface area contributed by atoms with Gasteiger partial charge < -0.3 is 9.52 Å². The van der Waals surface area contributed by atoms with Crippen LogP contribution in [0.25, 0.3) is 0 Å². The van der Waals surface area contributed by atoms with Gasteiger partial charge in [0.15, 0.2) is 0 Å². The quantitative estimate of drug-likeness (QED) is 0.886. The minimum absolute atomic E-state index is 0.102. The van der Waals surface area contributed by atoms with Gasteiger partial charge in [-0.1, -0.05) is 27.2 Å². The lowest BCUT2D eigenvalue weighted by atomic mass is 9.86. The van der Waals surface area contributed by atoms with Crippen molar-refractivity contribution in [1.82, 2.24) is 10.2 Å². The first-order chi connectivity index (χ1) is 8.87. The fourth-order valence-electron chi connectivity index (χ4n) is 2.88. The van der Waals surface area contributed by atoms with E-state index < -0.39 is 5.97 Å². The third kappa shape index (κ3) is 3.55. The van der Waals surface area contributed by atoms with Gasteiger partial charge in [-0.05, 0) is 24.2 Å². The average molecular weight is 266 g/mol. The molecule has 1 aromatic rings. The number of rotatable bonds is 5. The van der Waals surface area contributed by atoms with Gasteiger partial charge in [-0.15, -0.1) is 10.2 Å². The monoisotopic (exact) mass is 266 g/mol. The SMILES string of the molecule is CC1CCCC1c1nnc(CC(C)(C)CC(=O)O)o1. The first-order valence-corrected chi connectivity index (χ1v) is 6.91. The number of hydrogen-bond acceptors (Lipinski definition) is 4. The summed E-state index contributed by atoms with van der Waals surface area (Å²) in [5.74, 6) is 1.46. The average Bonchev–Trinajstić information content (AvgIpc) is 2.84. The van der Waals surface area contributed by atoms with E-state index in [-0.39, 0.29) is 11.8 Å². The molecule has 1 saturated carbocycles. The Bertz CT molecular complexity index is 453. The zero-order chi connectivity index (χ0) is 14.0. The molecule has 106 valence electrons. The van der Waals surface area contributed by atoms with Gasteiger partial charge in [0.2, 0.25) is 11.8 Å². The molecule has 0 aliphatic heterocycles. The van der Waals surface area contributed by atoms with Gasteiger partial charge in [-0.2, -0.15) is 0 Å². The third-order valence-corrected chi connectivity index (χ3v) is 3.92. The van der Waals surface area contributed by atoms with Crippen LogP contribution in [-0.4, -0.2) is 21.3 Å². The predicted octanol–water partition coefficient (Wildman–Crippen LogP) is 3.02. The van der Waals surface area contributed by atoms with Gasteiger partial charge in [0.25, 0.3) is 0 Å². The van der Waals surface area contributed by atoms with Crippen molar-refractivity contribution >= 4 is 5.97 Å².